The fourth-order valence-electron chi connectivity index (χ4n) is 1.84. The molecule has 1 aromatic carbocycles. The molecule has 0 saturated carbocycles. The van der Waals surface area contributed by atoms with Gasteiger partial charge in [-0.25, -0.2) is 18.1 Å². The van der Waals surface area contributed by atoms with Gasteiger partial charge in [-0.2, -0.15) is 0 Å². The Bertz CT molecular complexity index is 823. The van der Waals surface area contributed by atoms with Gasteiger partial charge in [-0.05, 0) is 30.3 Å². The summed E-state index contributed by atoms with van der Waals surface area (Å²) >= 11 is 0. The van der Waals surface area contributed by atoms with Crippen LogP contribution in [0.15, 0.2) is 47.5 Å². The molecule has 0 unspecified atom stereocenters. The van der Waals surface area contributed by atoms with Crippen LogP contribution in [0, 0.1) is 0 Å². The largest absolute Gasteiger partial charge is 0.504 e. The van der Waals surface area contributed by atoms with Crippen molar-refractivity contribution in [1.82, 2.24) is 9.71 Å². The Labute approximate surface area is 139 Å². The highest BCUT2D eigenvalue weighted by atomic mass is 32.2. The molecule has 9 heteroatoms. The first-order chi connectivity index (χ1) is 11.4. The van der Waals surface area contributed by atoms with Crippen LogP contribution in [0.2, 0.25) is 0 Å². The molecular formula is C15H17N3O5S. The van der Waals surface area contributed by atoms with Crippen LogP contribution in [0.5, 0.6) is 5.75 Å². The lowest BCUT2D eigenvalue weighted by molar-refractivity contribution is 0.102. The van der Waals surface area contributed by atoms with E-state index in [2.05, 4.69) is 15.0 Å². The second kappa shape index (κ2) is 7.86. The molecule has 0 aliphatic carbocycles. The van der Waals surface area contributed by atoms with Gasteiger partial charge in [0.25, 0.3) is 5.91 Å². The topological polar surface area (TPSA) is 118 Å². The minimum atomic E-state index is -3.74. The molecule has 0 fully saturated rings. The summed E-state index contributed by atoms with van der Waals surface area (Å²) in [5, 5.41) is 12.0. The van der Waals surface area contributed by atoms with E-state index in [4.69, 9.17) is 4.74 Å². The van der Waals surface area contributed by atoms with Gasteiger partial charge in [-0.1, -0.05) is 6.07 Å². The number of hydrogen-bond donors (Lipinski definition) is 3. The van der Waals surface area contributed by atoms with Gasteiger partial charge in [-0.15, -0.1) is 0 Å². The maximum absolute atomic E-state index is 12.2. The zero-order valence-electron chi connectivity index (χ0n) is 12.9. The highest BCUT2D eigenvalue weighted by Crippen LogP contribution is 2.19. The molecule has 24 heavy (non-hydrogen) atoms. The van der Waals surface area contributed by atoms with E-state index in [-0.39, 0.29) is 35.2 Å². The zero-order valence-corrected chi connectivity index (χ0v) is 13.7. The smallest absolute Gasteiger partial charge is 0.256 e. The molecule has 0 aliphatic heterocycles. The van der Waals surface area contributed by atoms with Crippen molar-refractivity contribution in [2.45, 2.75) is 4.90 Å². The quantitative estimate of drug-likeness (QED) is 0.640. The maximum Gasteiger partial charge on any atom is 0.256 e. The predicted molar refractivity (Wildman–Crippen MR) is 87.4 cm³/mol. The molecular weight excluding hydrogens is 334 g/mol. The van der Waals surface area contributed by atoms with Gasteiger partial charge in [0, 0.05) is 25.4 Å². The van der Waals surface area contributed by atoms with Crippen LogP contribution in [0.3, 0.4) is 0 Å². The molecule has 0 bridgehead atoms. The SMILES string of the molecule is COCCNS(=O)(=O)c1cccc(C(=O)Nc2ncccc2O)c1. The first-order valence-electron chi connectivity index (χ1n) is 6.98. The molecule has 1 heterocycles. The number of nitrogens with zero attached hydrogens (tertiary/aromatic N) is 1. The molecule has 128 valence electrons. The standard InChI is InChI=1S/C15H17N3O5S/c1-23-9-8-17-24(21,22)12-5-2-4-11(10-12)15(20)18-14-13(19)6-3-7-16-14/h2-7,10,17,19H,8-9H2,1H3,(H,16,18,20). The number of nitrogens with one attached hydrogen (secondary N) is 2. The van der Waals surface area contributed by atoms with Crippen molar-refractivity contribution in [3.05, 3.63) is 48.2 Å². The van der Waals surface area contributed by atoms with Gasteiger partial charge in [0.15, 0.2) is 11.6 Å². The second-order valence-corrected chi connectivity index (χ2v) is 6.51. The number of carbonyl (C=O) groups excluding carboxylic acids is 1. The fourth-order valence-corrected chi connectivity index (χ4v) is 2.90. The lowest BCUT2D eigenvalue weighted by Gasteiger charge is -2.09. The number of aromatic nitrogens is 1. The average Bonchev–Trinajstić information content (AvgIpc) is 2.57. The monoisotopic (exact) mass is 351 g/mol. The number of ether oxygens (including phenoxy) is 1. The van der Waals surface area contributed by atoms with Gasteiger partial charge >= 0.3 is 0 Å². The van der Waals surface area contributed by atoms with Gasteiger partial charge in [-0.3, -0.25) is 4.79 Å². The lowest BCUT2D eigenvalue weighted by Crippen LogP contribution is -2.27. The van der Waals surface area contributed by atoms with Crippen molar-refractivity contribution in [2.24, 2.45) is 0 Å². The molecule has 8 nitrogen and oxygen atoms in total. The van der Waals surface area contributed by atoms with Crippen LogP contribution in [0.1, 0.15) is 10.4 Å². The molecule has 0 spiro atoms. The third kappa shape index (κ3) is 4.51. The fraction of sp³-hybridized carbons (Fsp3) is 0.200. The number of anilines is 1. The van der Waals surface area contributed by atoms with Crippen LogP contribution >= 0.6 is 0 Å². The first-order valence-corrected chi connectivity index (χ1v) is 8.46. The molecule has 1 amide bonds. The zero-order chi connectivity index (χ0) is 17.6. The summed E-state index contributed by atoms with van der Waals surface area (Å²) in [5.74, 6) is -0.775. The number of benzene rings is 1. The highest BCUT2D eigenvalue weighted by molar-refractivity contribution is 7.89. The van der Waals surface area contributed by atoms with Crippen molar-refractivity contribution < 1.29 is 23.1 Å². The number of carbonyl (C=O) groups is 1. The third-order valence-electron chi connectivity index (χ3n) is 3.02. The van der Waals surface area contributed by atoms with Crippen LogP contribution in [0.4, 0.5) is 5.82 Å². The summed E-state index contributed by atoms with van der Waals surface area (Å²) in [5.41, 5.74) is 0.120. The Morgan fingerprint density at radius 3 is 2.79 bits per heavy atom. The van der Waals surface area contributed by atoms with E-state index >= 15 is 0 Å². The van der Waals surface area contributed by atoms with Crippen molar-refractivity contribution in [1.29, 1.82) is 0 Å². The Balaban J connectivity index is 2.18. The summed E-state index contributed by atoms with van der Waals surface area (Å²) in [6, 6.07) is 8.43. The van der Waals surface area contributed by atoms with E-state index in [0.29, 0.717) is 0 Å². The molecule has 2 aromatic rings. The Morgan fingerprint density at radius 2 is 2.08 bits per heavy atom. The van der Waals surface area contributed by atoms with Crippen molar-refractivity contribution in [3.8, 4) is 5.75 Å². The van der Waals surface area contributed by atoms with Gasteiger partial charge in [0.05, 0.1) is 11.5 Å². The Hall–Kier alpha value is -2.49. The lowest BCUT2D eigenvalue weighted by atomic mass is 10.2. The van der Waals surface area contributed by atoms with Crippen molar-refractivity contribution >= 4 is 21.7 Å². The summed E-state index contributed by atoms with van der Waals surface area (Å²) in [6.07, 6.45) is 1.41. The average molecular weight is 351 g/mol. The van der Waals surface area contributed by atoms with Crippen LogP contribution in [0.25, 0.3) is 0 Å². The number of amides is 1. The van der Waals surface area contributed by atoms with Gasteiger partial charge in [0.2, 0.25) is 10.0 Å². The van der Waals surface area contributed by atoms with Gasteiger partial charge < -0.3 is 15.2 Å². The predicted octanol–water partition coefficient (Wildman–Crippen LogP) is 0.964. The summed E-state index contributed by atoms with van der Waals surface area (Å²) in [4.78, 5) is 16.0. The minimum Gasteiger partial charge on any atom is -0.504 e. The number of sulfonamides is 1. The first kappa shape index (κ1) is 17.9. The van der Waals surface area contributed by atoms with Crippen molar-refractivity contribution in [2.75, 3.05) is 25.6 Å². The van der Waals surface area contributed by atoms with Gasteiger partial charge in [0.1, 0.15) is 0 Å². The van der Waals surface area contributed by atoms with E-state index in [9.17, 15) is 18.3 Å². The van der Waals surface area contributed by atoms with Crippen LogP contribution in [-0.2, 0) is 14.8 Å². The van der Waals surface area contributed by atoms with E-state index in [0.717, 1.165) is 0 Å². The number of pyridine rings is 1. The number of rotatable bonds is 7. The van der Waals surface area contributed by atoms with Crippen molar-refractivity contribution in [3.63, 3.8) is 0 Å². The third-order valence-corrected chi connectivity index (χ3v) is 4.48. The molecule has 0 aliphatic rings. The van der Waals surface area contributed by atoms with Crippen LogP contribution in [-0.4, -0.2) is 44.7 Å². The molecule has 3 N–H and O–H groups in total. The minimum absolute atomic E-state index is 0.00557. The normalized spacial score (nSPS) is 11.2. The highest BCUT2D eigenvalue weighted by Gasteiger charge is 2.16. The maximum atomic E-state index is 12.2. The van der Waals surface area contributed by atoms with E-state index in [1.165, 1.54) is 49.7 Å². The van der Waals surface area contributed by atoms with E-state index in [1.807, 2.05) is 0 Å². The molecule has 1 aromatic heterocycles. The number of aromatic hydroxyl groups is 1. The van der Waals surface area contributed by atoms with E-state index in [1.54, 1.807) is 0 Å². The molecule has 0 radical (unpaired) electrons. The molecule has 0 saturated heterocycles. The summed E-state index contributed by atoms with van der Waals surface area (Å²) in [6.45, 7) is 0.357. The molecule has 2 rings (SSSR count). The van der Waals surface area contributed by atoms with E-state index < -0.39 is 15.9 Å². The summed E-state index contributed by atoms with van der Waals surface area (Å²) < 4.78 is 31.4. The second-order valence-electron chi connectivity index (χ2n) is 4.74. The Morgan fingerprint density at radius 1 is 1.29 bits per heavy atom. The number of hydrogen-bond acceptors (Lipinski definition) is 6. The summed E-state index contributed by atoms with van der Waals surface area (Å²) in [7, 11) is -2.28. The number of methoxy groups -OCH3 is 1. The van der Waals surface area contributed by atoms with Crippen LogP contribution < -0.4 is 10.0 Å². The Kier molecular flexibility index (Phi) is 5.85. The molecule has 0 atom stereocenters.